The highest BCUT2D eigenvalue weighted by atomic mass is 16.5. The first-order valence-corrected chi connectivity index (χ1v) is 7.75. The van der Waals surface area contributed by atoms with Crippen molar-refractivity contribution in [2.24, 2.45) is 5.92 Å². The predicted octanol–water partition coefficient (Wildman–Crippen LogP) is 2.09. The van der Waals surface area contributed by atoms with Crippen molar-refractivity contribution in [3.63, 3.8) is 0 Å². The summed E-state index contributed by atoms with van der Waals surface area (Å²) < 4.78 is 5.19. The van der Waals surface area contributed by atoms with E-state index in [1.54, 1.807) is 7.11 Å². The highest BCUT2D eigenvalue weighted by Gasteiger charge is 2.17. The summed E-state index contributed by atoms with van der Waals surface area (Å²) in [7, 11) is 3.81. The first kappa shape index (κ1) is 15.8. The molecule has 4 nitrogen and oxygen atoms in total. The number of hydrogen-bond acceptors (Lipinski definition) is 3. The van der Waals surface area contributed by atoms with Crippen molar-refractivity contribution in [1.29, 1.82) is 0 Å². The first-order valence-electron chi connectivity index (χ1n) is 7.75. The molecule has 1 aliphatic heterocycles. The van der Waals surface area contributed by atoms with Crippen LogP contribution in [0.15, 0.2) is 24.3 Å². The van der Waals surface area contributed by atoms with Gasteiger partial charge in [0.15, 0.2) is 0 Å². The molecule has 0 aliphatic carbocycles. The fourth-order valence-electron chi connectivity index (χ4n) is 2.87. The van der Waals surface area contributed by atoms with Crippen molar-refractivity contribution < 1.29 is 9.53 Å². The van der Waals surface area contributed by atoms with Gasteiger partial charge in [-0.15, -0.1) is 0 Å². The second-order valence-electron chi connectivity index (χ2n) is 5.93. The van der Waals surface area contributed by atoms with Gasteiger partial charge >= 0.3 is 0 Å². The van der Waals surface area contributed by atoms with E-state index in [9.17, 15) is 4.79 Å². The summed E-state index contributed by atoms with van der Waals surface area (Å²) in [5.41, 5.74) is 1.14. The van der Waals surface area contributed by atoms with Gasteiger partial charge in [-0.3, -0.25) is 4.79 Å². The van der Waals surface area contributed by atoms with Crippen molar-refractivity contribution in [2.75, 3.05) is 33.8 Å². The smallest absolute Gasteiger partial charge is 0.220 e. The number of rotatable bonds is 6. The summed E-state index contributed by atoms with van der Waals surface area (Å²) in [6, 6.07) is 7.91. The van der Waals surface area contributed by atoms with Crippen LogP contribution in [0, 0.1) is 5.92 Å². The molecule has 1 N–H and O–H groups in total. The standard InChI is InChI=1S/C17H26N2O2/c1-19-10-4-6-15(13-19)12-18-17(20)9-8-14-5-3-7-16(11-14)21-2/h3,5,7,11,15H,4,6,8-10,12-13H2,1-2H3,(H,18,20)/t15-/m0/s1. The molecule has 21 heavy (non-hydrogen) atoms. The molecule has 0 saturated carbocycles. The van der Waals surface area contributed by atoms with Gasteiger partial charge < -0.3 is 15.0 Å². The van der Waals surface area contributed by atoms with Gasteiger partial charge in [-0.05, 0) is 56.5 Å². The van der Waals surface area contributed by atoms with Crippen LogP contribution in [0.1, 0.15) is 24.8 Å². The largest absolute Gasteiger partial charge is 0.497 e. The lowest BCUT2D eigenvalue weighted by Gasteiger charge is -2.29. The second kappa shape index (κ2) is 8.03. The number of hydrogen-bond donors (Lipinski definition) is 1. The molecule has 1 atom stereocenters. The van der Waals surface area contributed by atoms with Gasteiger partial charge in [-0.25, -0.2) is 0 Å². The van der Waals surface area contributed by atoms with Crippen LogP contribution in [-0.4, -0.2) is 44.6 Å². The van der Waals surface area contributed by atoms with Crippen LogP contribution in [0.25, 0.3) is 0 Å². The van der Waals surface area contributed by atoms with Crippen LogP contribution in [0.3, 0.4) is 0 Å². The van der Waals surface area contributed by atoms with Crippen molar-refractivity contribution >= 4 is 5.91 Å². The fraction of sp³-hybridized carbons (Fsp3) is 0.588. The average Bonchev–Trinajstić information content (AvgIpc) is 2.51. The first-order chi connectivity index (χ1) is 10.2. The Hall–Kier alpha value is -1.55. The van der Waals surface area contributed by atoms with Crippen molar-refractivity contribution in [3.8, 4) is 5.75 Å². The Balaban J connectivity index is 1.69. The highest BCUT2D eigenvalue weighted by Crippen LogP contribution is 2.15. The average molecular weight is 290 g/mol. The van der Waals surface area contributed by atoms with E-state index in [1.165, 1.54) is 19.4 Å². The van der Waals surface area contributed by atoms with Crippen LogP contribution in [0.4, 0.5) is 0 Å². The van der Waals surface area contributed by atoms with E-state index in [2.05, 4.69) is 17.3 Å². The van der Waals surface area contributed by atoms with Crippen molar-refractivity contribution in [2.45, 2.75) is 25.7 Å². The van der Waals surface area contributed by atoms with Gasteiger partial charge in [-0.2, -0.15) is 0 Å². The molecule has 1 aromatic carbocycles. The lowest BCUT2D eigenvalue weighted by Crippen LogP contribution is -2.39. The number of likely N-dealkylation sites (tertiary alicyclic amines) is 1. The molecular formula is C17H26N2O2. The van der Waals surface area contributed by atoms with Crippen LogP contribution in [0.2, 0.25) is 0 Å². The van der Waals surface area contributed by atoms with Gasteiger partial charge in [0.1, 0.15) is 5.75 Å². The fourth-order valence-corrected chi connectivity index (χ4v) is 2.87. The Morgan fingerprint density at radius 3 is 3.10 bits per heavy atom. The third-order valence-corrected chi connectivity index (χ3v) is 4.08. The number of ether oxygens (including phenoxy) is 1. The van der Waals surface area contributed by atoms with Gasteiger partial charge in [0.05, 0.1) is 7.11 Å². The summed E-state index contributed by atoms with van der Waals surface area (Å²) in [5.74, 6) is 1.59. The van der Waals surface area contributed by atoms with Crippen LogP contribution in [0.5, 0.6) is 5.75 Å². The molecule has 2 rings (SSSR count). The Morgan fingerprint density at radius 1 is 1.48 bits per heavy atom. The third-order valence-electron chi connectivity index (χ3n) is 4.08. The van der Waals surface area contributed by atoms with E-state index in [1.807, 2.05) is 24.3 Å². The van der Waals surface area contributed by atoms with E-state index < -0.39 is 0 Å². The number of nitrogens with zero attached hydrogens (tertiary/aromatic N) is 1. The van der Waals surface area contributed by atoms with Crippen LogP contribution in [-0.2, 0) is 11.2 Å². The number of carbonyl (C=O) groups is 1. The molecule has 0 radical (unpaired) electrons. The minimum Gasteiger partial charge on any atom is -0.497 e. The maximum Gasteiger partial charge on any atom is 0.220 e. The van der Waals surface area contributed by atoms with Gasteiger partial charge in [0.2, 0.25) is 5.91 Å². The lowest BCUT2D eigenvalue weighted by molar-refractivity contribution is -0.121. The van der Waals surface area contributed by atoms with Crippen LogP contribution < -0.4 is 10.1 Å². The summed E-state index contributed by atoms with van der Waals surface area (Å²) in [6.45, 7) is 3.08. The third kappa shape index (κ3) is 5.38. The number of aryl methyl sites for hydroxylation is 1. The molecule has 0 spiro atoms. The maximum absolute atomic E-state index is 11.9. The van der Waals surface area contributed by atoms with Crippen molar-refractivity contribution in [3.05, 3.63) is 29.8 Å². The molecule has 1 aliphatic rings. The molecule has 1 heterocycles. The van der Waals surface area contributed by atoms with Crippen molar-refractivity contribution in [1.82, 2.24) is 10.2 Å². The predicted molar refractivity (Wildman–Crippen MR) is 84.5 cm³/mol. The quantitative estimate of drug-likeness (QED) is 0.872. The number of piperidine rings is 1. The molecule has 1 saturated heterocycles. The second-order valence-corrected chi connectivity index (χ2v) is 5.93. The van der Waals surface area contributed by atoms with E-state index in [4.69, 9.17) is 4.74 Å². The molecule has 116 valence electrons. The number of nitrogens with one attached hydrogen (secondary N) is 1. The van der Waals surface area contributed by atoms with E-state index in [-0.39, 0.29) is 5.91 Å². The molecule has 4 heteroatoms. The monoisotopic (exact) mass is 290 g/mol. The summed E-state index contributed by atoms with van der Waals surface area (Å²) in [6.07, 6.45) is 3.75. The Morgan fingerprint density at radius 2 is 2.33 bits per heavy atom. The topological polar surface area (TPSA) is 41.6 Å². The number of benzene rings is 1. The van der Waals surface area contributed by atoms with E-state index in [0.717, 1.165) is 30.8 Å². The minimum absolute atomic E-state index is 0.144. The zero-order valence-electron chi connectivity index (χ0n) is 13.1. The van der Waals surface area contributed by atoms with Gasteiger partial charge in [0.25, 0.3) is 0 Å². The molecule has 0 bridgehead atoms. The van der Waals surface area contributed by atoms with Gasteiger partial charge in [-0.1, -0.05) is 12.1 Å². The molecule has 0 unspecified atom stereocenters. The number of methoxy groups -OCH3 is 1. The summed E-state index contributed by atoms with van der Waals surface area (Å²) in [5, 5.41) is 3.07. The summed E-state index contributed by atoms with van der Waals surface area (Å²) in [4.78, 5) is 14.3. The molecule has 1 fully saturated rings. The number of amides is 1. The molecule has 1 amide bonds. The molecular weight excluding hydrogens is 264 g/mol. The normalized spacial score (nSPS) is 19.2. The zero-order chi connectivity index (χ0) is 15.1. The van der Waals surface area contributed by atoms with E-state index in [0.29, 0.717) is 12.3 Å². The Kier molecular flexibility index (Phi) is 6.05. The maximum atomic E-state index is 11.9. The highest BCUT2D eigenvalue weighted by molar-refractivity contribution is 5.76. The zero-order valence-corrected chi connectivity index (χ0v) is 13.1. The number of carbonyl (C=O) groups excluding carboxylic acids is 1. The SMILES string of the molecule is COc1cccc(CCC(=O)NC[C@@H]2CCCN(C)C2)c1. The van der Waals surface area contributed by atoms with Crippen LogP contribution >= 0.6 is 0 Å². The molecule has 0 aromatic heterocycles. The van der Waals surface area contributed by atoms with Gasteiger partial charge in [0, 0.05) is 19.5 Å². The Labute approximate surface area is 127 Å². The lowest BCUT2D eigenvalue weighted by atomic mass is 9.98. The van der Waals surface area contributed by atoms with E-state index >= 15 is 0 Å². The summed E-state index contributed by atoms with van der Waals surface area (Å²) >= 11 is 0. The Bertz CT molecular complexity index is 462. The molecule has 1 aromatic rings. The minimum atomic E-state index is 0.144.